The molecule has 0 spiro atoms. The van der Waals surface area contributed by atoms with Crippen LogP contribution in [0.15, 0.2) is 11.3 Å². The number of rotatable bonds is 3. The molecule has 0 aliphatic heterocycles. The number of nitrogen functional groups attached to an aromatic ring is 1. The van der Waals surface area contributed by atoms with E-state index in [9.17, 15) is 0 Å². The van der Waals surface area contributed by atoms with Gasteiger partial charge in [-0.05, 0) is 13.3 Å². The van der Waals surface area contributed by atoms with Gasteiger partial charge >= 0.3 is 0 Å². The maximum Gasteiger partial charge on any atom is 0.189 e. The zero-order chi connectivity index (χ0) is 10.6. The fourth-order valence-electron chi connectivity index (χ4n) is 0.685. The Morgan fingerprint density at radius 3 is 3.07 bits per heavy atom. The Bertz CT molecular complexity index is 350. The summed E-state index contributed by atoms with van der Waals surface area (Å²) in [6, 6.07) is 0. The van der Waals surface area contributed by atoms with E-state index in [1.807, 2.05) is 13.8 Å². The molecule has 5 nitrogen and oxygen atoms in total. The van der Waals surface area contributed by atoms with Gasteiger partial charge in [0.2, 0.25) is 0 Å². The van der Waals surface area contributed by atoms with Crippen LogP contribution < -0.4 is 11.2 Å². The van der Waals surface area contributed by atoms with Crippen molar-refractivity contribution in [1.82, 2.24) is 10.2 Å². The summed E-state index contributed by atoms with van der Waals surface area (Å²) in [4.78, 5) is 0. The van der Waals surface area contributed by atoms with Crippen LogP contribution in [0.2, 0.25) is 5.02 Å². The third kappa shape index (κ3) is 2.56. The molecule has 3 N–H and O–H groups in total. The first kappa shape index (κ1) is 10.7. The Labute approximate surface area is 87.4 Å². The van der Waals surface area contributed by atoms with Crippen molar-refractivity contribution in [2.24, 2.45) is 5.10 Å². The fraction of sp³-hybridized carbons (Fsp3) is 0.375. The lowest BCUT2D eigenvalue weighted by Crippen LogP contribution is -2.01. The van der Waals surface area contributed by atoms with Crippen molar-refractivity contribution in [3.05, 3.63) is 11.2 Å². The maximum absolute atomic E-state index is 5.86. The van der Waals surface area contributed by atoms with E-state index >= 15 is 0 Å². The highest BCUT2D eigenvalue weighted by Gasteiger charge is 2.04. The predicted octanol–water partition coefficient (Wildman–Crippen LogP) is 1.91. The molecule has 1 aromatic heterocycles. The first-order valence-corrected chi connectivity index (χ1v) is 4.58. The smallest absolute Gasteiger partial charge is 0.189 e. The minimum absolute atomic E-state index is 0.340. The van der Waals surface area contributed by atoms with Crippen LogP contribution in [0.5, 0.6) is 0 Å². The molecule has 0 saturated carbocycles. The van der Waals surface area contributed by atoms with E-state index in [2.05, 4.69) is 20.7 Å². The van der Waals surface area contributed by atoms with Gasteiger partial charge < -0.3 is 5.73 Å². The lowest BCUT2D eigenvalue weighted by Gasteiger charge is -2.03. The van der Waals surface area contributed by atoms with Gasteiger partial charge in [-0.2, -0.15) is 10.2 Å². The van der Waals surface area contributed by atoms with E-state index in [1.165, 1.54) is 6.20 Å². The third-order valence-electron chi connectivity index (χ3n) is 1.68. The van der Waals surface area contributed by atoms with Crippen LogP contribution in [0.4, 0.5) is 11.5 Å². The third-order valence-corrected chi connectivity index (χ3v) is 2.08. The SMILES string of the molecule is CC/C(C)=N/Nc1nncc(N)c1Cl. The van der Waals surface area contributed by atoms with Gasteiger partial charge in [-0.1, -0.05) is 18.5 Å². The molecule has 6 heteroatoms. The largest absolute Gasteiger partial charge is 0.396 e. The van der Waals surface area contributed by atoms with Crippen molar-refractivity contribution in [2.75, 3.05) is 11.2 Å². The van der Waals surface area contributed by atoms with E-state index in [0.717, 1.165) is 12.1 Å². The Balaban J connectivity index is 2.82. The Morgan fingerprint density at radius 1 is 1.71 bits per heavy atom. The molecule has 1 heterocycles. The summed E-state index contributed by atoms with van der Waals surface area (Å²) in [7, 11) is 0. The number of hydrogen-bond donors (Lipinski definition) is 2. The summed E-state index contributed by atoms with van der Waals surface area (Å²) in [5.74, 6) is 0.375. The molecule has 0 atom stereocenters. The molecule has 1 aromatic rings. The van der Waals surface area contributed by atoms with Gasteiger partial charge in [-0.3, -0.25) is 5.43 Å². The van der Waals surface area contributed by atoms with Gasteiger partial charge in [0, 0.05) is 5.71 Å². The van der Waals surface area contributed by atoms with Crippen molar-refractivity contribution in [1.29, 1.82) is 0 Å². The highest BCUT2D eigenvalue weighted by Crippen LogP contribution is 2.23. The van der Waals surface area contributed by atoms with E-state index in [4.69, 9.17) is 17.3 Å². The number of halogens is 1. The average molecular weight is 214 g/mol. The first-order chi connectivity index (χ1) is 6.65. The maximum atomic E-state index is 5.86. The minimum Gasteiger partial charge on any atom is -0.396 e. The lowest BCUT2D eigenvalue weighted by atomic mass is 10.3. The second-order valence-corrected chi connectivity index (χ2v) is 3.15. The van der Waals surface area contributed by atoms with Gasteiger partial charge in [-0.15, -0.1) is 5.10 Å². The van der Waals surface area contributed by atoms with Crippen LogP contribution >= 0.6 is 11.6 Å². The first-order valence-electron chi connectivity index (χ1n) is 4.21. The predicted molar refractivity (Wildman–Crippen MR) is 58.5 cm³/mol. The molecule has 14 heavy (non-hydrogen) atoms. The van der Waals surface area contributed by atoms with Gasteiger partial charge in [-0.25, -0.2) is 0 Å². The van der Waals surface area contributed by atoms with E-state index in [0.29, 0.717) is 16.5 Å². The normalized spacial score (nSPS) is 11.5. The number of nitrogens with two attached hydrogens (primary N) is 1. The fourth-order valence-corrected chi connectivity index (χ4v) is 0.814. The number of aromatic nitrogens is 2. The molecular weight excluding hydrogens is 202 g/mol. The quantitative estimate of drug-likeness (QED) is 0.594. The molecule has 0 unspecified atom stereocenters. The monoisotopic (exact) mass is 213 g/mol. The van der Waals surface area contributed by atoms with Crippen LogP contribution in [0.1, 0.15) is 20.3 Å². The van der Waals surface area contributed by atoms with E-state index in [1.54, 1.807) is 0 Å². The summed E-state index contributed by atoms with van der Waals surface area (Å²) in [6.45, 7) is 3.91. The molecule has 0 amide bonds. The number of hydrogen-bond acceptors (Lipinski definition) is 5. The molecule has 0 saturated heterocycles. The van der Waals surface area contributed by atoms with E-state index in [-0.39, 0.29) is 0 Å². The topological polar surface area (TPSA) is 76.2 Å². The number of hydrazone groups is 1. The zero-order valence-electron chi connectivity index (χ0n) is 8.08. The second kappa shape index (κ2) is 4.76. The molecule has 0 radical (unpaired) electrons. The standard InChI is InChI=1S/C8H12ClN5/c1-3-5(2)12-14-8-7(9)6(10)4-11-13-8/h4H,3H2,1-2H3,(H3,10,13,14)/b12-5+. The van der Waals surface area contributed by atoms with Crippen molar-refractivity contribution >= 4 is 28.8 Å². The van der Waals surface area contributed by atoms with E-state index < -0.39 is 0 Å². The molecule has 1 rings (SSSR count). The number of nitrogens with zero attached hydrogens (tertiary/aromatic N) is 3. The molecule has 0 aromatic carbocycles. The van der Waals surface area contributed by atoms with Crippen molar-refractivity contribution in [3.63, 3.8) is 0 Å². The summed E-state index contributed by atoms with van der Waals surface area (Å²) >= 11 is 5.86. The van der Waals surface area contributed by atoms with Crippen molar-refractivity contribution in [3.8, 4) is 0 Å². The molecule has 76 valence electrons. The zero-order valence-corrected chi connectivity index (χ0v) is 8.84. The molecule has 0 aliphatic rings. The summed E-state index contributed by atoms with van der Waals surface area (Å²) in [6.07, 6.45) is 2.25. The van der Waals surface area contributed by atoms with Crippen LogP contribution in [-0.4, -0.2) is 15.9 Å². The summed E-state index contributed by atoms with van der Waals surface area (Å²) in [5, 5.41) is 11.8. The van der Waals surface area contributed by atoms with Crippen molar-refractivity contribution in [2.45, 2.75) is 20.3 Å². The summed E-state index contributed by atoms with van der Waals surface area (Å²) < 4.78 is 0. The van der Waals surface area contributed by atoms with Gasteiger partial charge in [0.15, 0.2) is 5.82 Å². The van der Waals surface area contributed by atoms with Crippen molar-refractivity contribution < 1.29 is 0 Å². The Hall–Kier alpha value is -1.36. The number of nitrogens with one attached hydrogen (secondary N) is 1. The lowest BCUT2D eigenvalue weighted by molar-refractivity contribution is 1.02. The molecule has 0 fully saturated rings. The molecule has 0 aliphatic carbocycles. The molecular formula is C8H12ClN5. The number of anilines is 2. The second-order valence-electron chi connectivity index (χ2n) is 2.77. The highest BCUT2D eigenvalue weighted by atomic mass is 35.5. The van der Waals surface area contributed by atoms with Gasteiger partial charge in [0.05, 0.1) is 11.9 Å². The van der Waals surface area contributed by atoms with Crippen LogP contribution in [0.25, 0.3) is 0 Å². The van der Waals surface area contributed by atoms with Crippen LogP contribution in [-0.2, 0) is 0 Å². The minimum atomic E-state index is 0.340. The summed E-state index contributed by atoms with van der Waals surface area (Å²) in [5.41, 5.74) is 9.58. The average Bonchev–Trinajstić information content (AvgIpc) is 2.20. The molecule has 0 bridgehead atoms. The van der Waals surface area contributed by atoms with Crippen LogP contribution in [0.3, 0.4) is 0 Å². The highest BCUT2D eigenvalue weighted by molar-refractivity contribution is 6.35. The van der Waals surface area contributed by atoms with Gasteiger partial charge in [0.1, 0.15) is 5.02 Å². The Kier molecular flexibility index (Phi) is 3.64. The van der Waals surface area contributed by atoms with Crippen LogP contribution in [0, 0.1) is 0 Å². The Morgan fingerprint density at radius 2 is 2.43 bits per heavy atom. The van der Waals surface area contributed by atoms with Gasteiger partial charge in [0.25, 0.3) is 0 Å².